The lowest BCUT2D eigenvalue weighted by atomic mass is 10.1. The first kappa shape index (κ1) is 17.5. The van der Waals surface area contributed by atoms with E-state index >= 15 is 0 Å². The molecular formula is C18H25N3O4. The number of hydrogen-bond acceptors (Lipinski definition) is 5. The van der Waals surface area contributed by atoms with Crippen LogP contribution in [0.2, 0.25) is 0 Å². The molecule has 4 N–H and O–H groups in total. The first-order valence-corrected chi connectivity index (χ1v) is 8.88. The Labute approximate surface area is 147 Å². The van der Waals surface area contributed by atoms with Crippen LogP contribution in [-0.2, 0) is 16.0 Å². The van der Waals surface area contributed by atoms with Crippen LogP contribution in [0.25, 0.3) is 0 Å². The van der Waals surface area contributed by atoms with Gasteiger partial charge >= 0.3 is 0 Å². The summed E-state index contributed by atoms with van der Waals surface area (Å²) in [5, 5.41) is 24.9. The van der Waals surface area contributed by atoms with E-state index in [9.17, 15) is 19.8 Å². The Morgan fingerprint density at radius 3 is 2.76 bits per heavy atom. The number of carbonyl (C=O) groups is 2. The van der Waals surface area contributed by atoms with E-state index in [1.54, 1.807) is 11.0 Å². The van der Waals surface area contributed by atoms with Crippen LogP contribution in [0.1, 0.15) is 31.2 Å². The number of phenols is 2. The number of nitrogens with one attached hydrogen (secondary N) is 2. The maximum absolute atomic E-state index is 12.6. The predicted molar refractivity (Wildman–Crippen MR) is 92.2 cm³/mol. The summed E-state index contributed by atoms with van der Waals surface area (Å²) in [7, 11) is 0. The molecule has 2 amide bonds. The molecule has 0 spiro atoms. The van der Waals surface area contributed by atoms with Crippen molar-refractivity contribution < 1.29 is 19.8 Å². The second kappa shape index (κ2) is 7.74. The zero-order valence-electron chi connectivity index (χ0n) is 14.2. The van der Waals surface area contributed by atoms with Gasteiger partial charge in [-0.2, -0.15) is 0 Å². The van der Waals surface area contributed by atoms with Crippen LogP contribution in [0.4, 0.5) is 0 Å². The lowest BCUT2D eigenvalue weighted by molar-refractivity contribution is -0.139. The molecule has 0 bridgehead atoms. The SMILES string of the molecule is O=C(NCCc1ccc(O)c(O)c1)C1CCCN1C(=O)[C@@H]1CCCN1. The van der Waals surface area contributed by atoms with E-state index in [1.807, 2.05) is 0 Å². The van der Waals surface area contributed by atoms with Crippen LogP contribution in [0, 0.1) is 0 Å². The van der Waals surface area contributed by atoms with E-state index in [-0.39, 0.29) is 35.4 Å². The van der Waals surface area contributed by atoms with Crippen LogP contribution in [0.3, 0.4) is 0 Å². The summed E-state index contributed by atoms with van der Waals surface area (Å²) in [5.74, 6) is -0.403. The number of amides is 2. The van der Waals surface area contributed by atoms with Crippen molar-refractivity contribution in [2.24, 2.45) is 0 Å². The molecule has 0 saturated carbocycles. The van der Waals surface area contributed by atoms with Crippen molar-refractivity contribution in [3.05, 3.63) is 23.8 Å². The molecule has 1 aromatic carbocycles. The summed E-state index contributed by atoms with van der Waals surface area (Å²) in [5.41, 5.74) is 0.824. The average Bonchev–Trinajstić information content (AvgIpc) is 3.28. The number of rotatable bonds is 5. The van der Waals surface area contributed by atoms with E-state index in [0.29, 0.717) is 25.9 Å². The fourth-order valence-corrected chi connectivity index (χ4v) is 3.57. The fraction of sp³-hybridized carbons (Fsp3) is 0.556. The van der Waals surface area contributed by atoms with E-state index in [2.05, 4.69) is 10.6 Å². The zero-order chi connectivity index (χ0) is 17.8. The van der Waals surface area contributed by atoms with Crippen LogP contribution >= 0.6 is 0 Å². The molecule has 2 atom stereocenters. The fourth-order valence-electron chi connectivity index (χ4n) is 3.57. The van der Waals surface area contributed by atoms with Crippen LogP contribution in [-0.4, -0.2) is 58.6 Å². The van der Waals surface area contributed by atoms with Gasteiger partial charge in [-0.25, -0.2) is 0 Å². The predicted octanol–water partition coefficient (Wildman–Crippen LogP) is 0.499. The first-order valence-electron chi connectivity index (χ1n) is 8.88. The average molecular weight is 347 g/mol. The van der Waals surface area contributed by atoms with Gasteiger partial charge in [0.15, 0.2) is 11.5 Å². The van der Waals surface area contributed by atoms with E-state index < -0.39 is 0 Å². The molecule has 7 nitrogen and oxygen atoms in total. The zero-order valence-corrected chi connectivity index (χ0v) is 14.2. The Bertz CT molecular complexity index is 643. The van der Waals surface area contributed by atoms with Gasteiger partial charge in [-0.05, 0) is 56.3 Å². The smallest absolute Gasteiger partial charge is 0.242 e. The Morgan fingerprint density at radius 1 is 1.20 bits per heavy atom. The highest BCUT2D eigenvalue weighted by Crippen LogP contribution is 2.25. The largest absolute Gasteiger partial charge is 0.504 e. The van der Waals surface area contributed by atoms with Crippen LogP contribution in [0.15, 0.2) is 18.2 Å². The van der Waals surface area contributed by atoms with Gasteiger partial charge in [0, 0.05) is 13.1 Å². The van der Waals surface area contributed by atoms with Crippen molar-refractivity contribution in [3.8, 4) is 11.5 Å². The summed E-state index contributed by atoms with van der Waals surface area (Å²) in [6, 6.07) is 4.09. The minimum atomic E-state index is -0.386. The molecule has 136 valence electrons. The molecule has 2 aliphatic rings. The number of phenolic OH excluding ortho intramolecular Hbond substituents is 2. The molecule has 25 heavy (non-hydrogen) atoms. The second-order valence-electron chi connectivity index (χ2n) is 6.70. The lowest BCUT2D eigenvalue weighted by Crippen LogP contribution is -2.51. The minimum absolute atomic E-state index is 0.0404. The number of carbonyl (C=O) groups excluding carboxylic acids is 2. The van der Waals surface area contributed by atoms with Crippen molar-refractivity contribution in [2.75, 3.05) is 19.6 Å². The molecule has 3 rings (SSSR count). The maximum atomic E-state index is 12.6. The third-order valence-corrected chi connectivity index (χ3v) is 4.95. The molecule has 0 aliphatic carbocycles. The Kier molecular flexibility index (Phi) is 5.43. The van der Waals surface area contributed by atoms with Crippen LogP contribution in [0.5, 0.6) is 11.5 Å². The number of aromatic hydroxyl groups is 2. The number of hydrogen-bond donors (Lipinski definition) is 4. The van der Waals surface area contributed by atoms with Gasteiger partial charge in [0.2, 0.25) is 11.8 Å². The van der Waals surface area contributed by atoms with Gasteiger partial charge in [0.05, 0.1) is 6.04 Å². The summed E-state index contributed by atoms with van der Waals surface area (Å²) in [6.07, 6.45) is 3.94. The summed E-state index contributed by atoms with van der Waals surface area (Å²) in [4.78, 5) is 26.7. The van der Waals surface area contributed by atoms with Gasteiger partial charge < -0.3 is 25.7 Å². The highest BCUT2D eigenvalue weighted by atomic mass is 16.3. The van der Waals surface area contributed by atoms with Crippen molar-refractivity contribution in [2.45, 2.75) is 44.2 Å². The molecule has 2 heterocycles. The molecular weight excluding hydrogens is 322 g/mol. The van der Waals surface area contributed by atoms with E-state index in [4.69, 9.17) is 0 Å². The summed E-state index contributed by atoms with van der Waals surface area (Å²) >= 11 is 0. The number of benzene rings is 1. The monoisotopic (exact) mass is 347 g/mol. The first-order chi connectivity index (χ1) is 12.1. The summed E-state index contributed by atoms with van der Waals surface area (Å²) < 4.78 is 0. The van der Waals surface area contributed by atoms with Crippen molar-refractivity contribution >= 4 is 11.8 Å². The third-order valence-electron chi connectivity index (χ3n) is 4.95. The van der Waals surface area contributed by atoms with Gasteiger partial charge in [-0.1, -0.05) is 6.07 Å². The molecule has 2 fully saturated rings. The second-order valence-corrected chi connectivity index (χ2v) is 6.70. The Morgan fingerprint density at radius 2 is 2.04 bits per heavy atom. The lowest BCUT2D eigenvalue weighted by Gasteiger charge is -2.26. The molecule has 0 aromatic heterocycles. The summed E-state index contributed by atoms with van der Waals surface area (Å²) in [6.45, 7) is 1.92. The van der Waals surface area contributed by atoms with Gasteiger partial charge in [0.25, 0.3) is 0 Å². The molecule has 2 saturated heterocycles. The van der Waals surface area contributed by atoms with Gasteiger partial charge in [0.1, 0.15) is 6.04 Å². The Balaban J connectivity index is 1.51. The molecule has 2 aliphatic heterocycles. The van der Waals surface area contributed by atoms with Crippen molar-refractivity contribution in [1.29, 1.82) is 0 Å². The molecule has 1 aromatic rings. The van der Waals surface area contributed by atoms with Crippen LogP contribution < -0.4 is 10.6 Å². The number of nitrogens with zero attached hydrogens (tertiary/aromatic N) is 1. The standard InChI is InChI=1S/C18H25N3O4/c22-15-6-5-12(11-16(15)23)7-9-20-17(24)14-4-2-10-21(14)18(25)13-3-1-8-19-13/h5-6,11,13-14,19,22-23H,1-4,7-10H2,(H,20,24)/t13-,14?/m0/s1. The van der Waals surface area contributed by atoms with Gasteiger partial charge in [-0.3, -0.25) is 9.59 Å². The maximum Gasteiger partial charge on any atom is 0.242 e. The third kappa shape index (κ3) is 4.04. The van der Waals surface area contributed by atoms with Crippen molar-refractivity contribution in [3.63, 3.8) is 0 Å². The molecule has 1 unspecified atom stereocenters. The van der Waals surface area contributed by atoms with Gasteiger partial charge in [-0.15, -0.1) is 0 Å². The number of likely N-dealkylation sites (tertiary alicyclic amines) is 1. The normalized spacial score (nSPS) is 23.0. The highest BCUT2D eigenvalue weighted by Gasteiger charge is 2.37. The molecule has 0 radical (unpaired) electrons. The molecule has 7 heteroatoms. The Hall–Kier alpha value is -2.28. The van der Waals surface area contributed by atoms with E-state index in [0.717, 1.165) is 31.4 Å². The highest BCUT2D eigenvalue weighted by molar-refractivity contribution is 5.90. The quantitative estimate of drug-likeness (QED) is 0.581. The minimum Gasteiger partial charge on any atom is -0.504 e. The topological polar surface area (TPSA) is 102 Å². The van der Waals surface area contributed by atoms with Crippen molar-refractivity contribution in [1.82, 2.24) is 15.5 Å². The van der Waals surface area contributed by atoms with E-state index in [1.165, 1.54) is 12.1 Å².